The van der Waals surface area contributed by atoms with Gasteiger partial charge in [0.2, 0.25) is 0 Å². The second kappa shape index (κ2) is 5.08. The van der Waals surface area contributed by atoms with E-state index in [2.05, 4.69) is 0 Å². The van der Waals surface area contributed by atoms with Crippen molar-refractivity contribution in [2.75, 3.05) is 27.7 Å². The van der Waals surface area contributed by atoms with Crippen LogP contribution in [0.1, 0.15) is 6.42 Å². The molecule has 0 saturated heterocycles. The molecule has 0 spiro atoms. The van der Waals surface area contributed by atoms with Gasteiger partial charge in [-0.05, 0) is 11.6 Å². The first-order valence-corrected chi connectivity index (χ1v) is 4.59. The van der Waals surface area contributed by atoms with Crippen molar-refractivity contribution in [3.05, 3.63) is 10.7 Å². The lowest BCUT2D eigenvalue weighted by molar-refractivity contribution is -0.461. The van der Waals surface area contributed by atoms with Gasteiger partial charge in [-0.2, -0.15) is 0 Å². The molecular formula is C8H13Cl3N2. The summed E-state index contributed by atoms with van der Waals surface area (Å²) < 4.78 is 1.87. The van der Waals surface area contributed by atoms with Crippen LogP contribution in [0.25, 0.3) is 0 Å². The van der Waals surface area contributed by atoms with Crippen molar-refractivity contribution < 1.29 is 17.0 Å². The summed E-state index contributed by atoms with van der Waals surface area (Å²) in [5, 5.41) is 1.51. The highest BCUT2D eigenvalue weighted by Gasteiger charge is 2.24. The molecule has 0 bridgehead atoms. The maximum absolute atomic E-state index is 6.06. The highest BCUT2D eigenvalue weighted by Crippen LogP contribution is 2.26. The number of hydrogen-bond donors (Lipinski definition) is 0. The van der Waals surface area contributed by atoms with Crippen LogP contribution >= 0.6 is 23.2 Å². The van der Waals surface area contributed by atoms with Crippen LogP contribution in [0, 0.1) is 0 Å². The van der Waals surface area contributed by atoms with E-state index in [4.69, 9.17) is 23.2 Å². The average Bonchev–Trinajstić information content (AvgIpc) is 2.32. The molecule has 13 heavy (non-hydrogen) atoms. The lowest BCUT2D eigenvalue weighted by Gasteiger charge is -2.08. The van der Waals surface area contributed by atoms with Gasteiger partial charge in [-0.25, -0.2) is 4.58 Å². The van der Waals surface area contributed by atoms with E-state index >= 15 is 0 Å². The van der Waals surface area contributed by atoms with Crippen molar-refractivity contribution in [1.82, 2.24) is 4.90 Å². The third kappa shape index (κ3) is 2.76. The van der Waals surface area contributed by atoms with Gasteiger partial charge in [0.05, 0.1) is 5.57 Å². The standard InChI is InChI=1S/C8H13Cl2N2.ClH/c1-11(2)7(9)6-4-5-12(3)8(6)10;/h4-5H2,1-3H3;1H/q+1;/p-1. The lowest BCUT2D eigenvalue weighted by atomic mass is 10.2. The van der Waals surface area contributed by atoms with Gasteiger partial charge in [-0.15, -0.1) is 0 Å². The van der Waals surface area contributed by atoms with Crippen molar-refractivity contribution in [2.45, 2.75) is 6.42 Å². The molecule has 0 saturated carbocycles. The van der Waals surface area contributed by atoms with E-state index < -0.39 is 0 Å². The maximum Gasteiger partial charge on any atom is 0.275 e. The summed E-state index contributed by atoms with van der Waals surface area (Å²) in [7, 11) is 5.80. The molecule has 5 heteroatoms. The predicted molar refractivity (Wildman–Crippen MR) is 53.1 cm³/mol. The highest BCUT2D eigenvalue weighted by molar-refractivity contribution is 6.68. The van der Waals surface area contributed by atoms with E-state index in [-0.39, 0.29) is 12.4 Å². The summed E-state index contributed by atoms with van der Waals surface area (Å²) in [6.07, 6.45) is 0.937. The quantitative estimate of drug-likeness (QED) is 0.315. The second-order valence-corrected chi connectivity index (χ2v) is 3.84. The van der Waals surface area contributed by atoms with Crippen molar-refractivity contribution >= 4 is 28.4 Å². The van der Waals surface area contributed by atoms with Crippen molar-refractivity contribution in [2.24, 2.45) is 0 Å². The summed E-state index contributed by atoms with van der Waals surface area (Å²) in [6, 6.07) is 0. The Bertz CT molecular complexity index is 254. The van der Waals surface area contributed by atoms with E-state index in [0.717, 1.165) is 28.9 Å². The average molecular weight is 244 g/mol. The largest absolute Gasteiger partial charge is 1.00 e. The number of rotatable bonds is 1. The molecule has 0 aromatic rings. The SMILES string of the molecule is CN1CCC(C(Cl)=[N+](C)C)=C1Cl.[Cl-]. The minimum absolute atomic E-state index is 0. The number of nitrogens with zero attached hydrogens (tertiary/aromatic N) is 2. The number of hydrogen-bond acceptors (Lipinski definition) is 1. The Balaban J connectivity index is 0.00000144. The number of halogens is 3. The summed E-state index contributed by atoms with van der Waals surface area (Å²) >= 11 is 12.1. The van der Waals surface area contributed by atoms with Gasteiger partial charge >= 0.3 is 0 Å². The molecule has 0 aliphatic carbocycles. The van der Waals surface area contributed by atoms with Gasteiger partial charge < -0.3 is 17.3 Å². The fraction of sp³-hybridized carbons (Fsp3) is 0.625. The van der Waals surface area contributed by atoms with E-state index in [0.29, 0.717) is 0 Å². The summed E-state index contributed by atoms with van der Waals surface area (Å²) in [5.74, 6) is 0. The summed E-state index contributed by atoms with van der Waals surface area (Å²) in [5.41, 5.74) is 1.05. The van der Waals surface area contributed by atoms with Crippen molar-refractivity contribution in [3.63, 3.8) is 0 Å². The third-order valence-corrected chi connectivity index (χ3v) is 3.01. The minimum atomic E-state index is 0. The third-order valence-electron chi connectivity index (χ3n) is 1.92. The molecule has 2 nitrogen and oxygen atoms in total. The highest BCUT2D eigenvalue weighted by atomic mass is 35.5. The molecule has 0 radical (unpaired) electrons. The molecule has 1 heterocycles. The zero-order chi connectivity index (χ0) is 9.30. The topological polar surface area (TPSA) is 6.25 Å². The zero-order valence-electron chi connectivity index (χ0n) is 7.94. The Morgan fingerprint density at radius 2 is 2.00 bits per heavy atom. The molecular weight excluding hydrogens is 230 g/mol. The van der Waals surface area contributed by atoms with Crippen LogP contribution in [0.15, 0.2) is 10.7 Å². The fourth-order valence-electron chi connectivity index (χ4n) is 1.17. The van der Waals surface area contributed by atoms with E-state index in [1.165, 1.54) is 0 Å². The Hall–Kier alpha value is 0.0800. The van der Waals surface area contributed by atoms with Gasteiger partial charge in [0, 0.05) is 20.0 Å². The van der Waals surface area contributed by atoms with Crippen LogP contribution in [0.3, 0.4) is 0 Å². The van der Waals surface area contributed by atoms with Crippen molar-refractivity contribution in [1.29, 1.82) is 0 Å². The first kappa shape index (κ1) is 13.1. The molecule has 0 aromatic heterocycles. The Labute approximate surface area is 95.2 Å². The predicted octanol–water partition coefficient (Wildman–Crippen LogP) is -1.31. The molecule has 1 aliphatic heterocycles. The lowest BCUT2D eigenvalue weighted by Crippen LogP contribution is -3.00. The van der Waals surface area contributed by atoms with Crippen LogP contribution in [0.5, 0.6) is 0 Å². The first-order valence-electron chi connectivity index (χ1n) is 3.84. The van der Waals surface area contributed by atoms with E-state index in [1.807, 2.05) is 30.6 Å². The second-order valence-electron chi connectivity index (χ2n) is 3.13. The Kier molecular flexibility index (Phi) is 5.11. The molecule has 1 aliphatic rings. The van der Waals surface area contributed by atoms with Crippen LogP contribution in [0.2, 0.25) is 0 Å². The van der Waals surface area contributed by atoms with E-state index in [9.17, 15) is 0 Å². The Morgan fingerprint density at radius 3 is 2.31 bits per heavy atom. The van der Waals surface area contributed by atoms with Gasteiger partial charge in [-0.3, -0.25) is 0 Å². The van der Waals surface area contributed by atoms with Gasteiger partial charge in [0.1, 0.15) is 19.3 Å². The van der Waals surface area contributed by atoms with E-state index in [1.54, 1.807) is 0 Å². The zero-order valence-corrected chi connectivity index (χ0v) is 10.2. The normalized spacial score (nSPS) is 15.9. The molecule has 1 rings (SSSR count). The molecule has 76 valence electrons. The van der Waals surface area contributed by atoms with Gasteiger partial charge in [0.15, 0.2) is 0 Å². The maximum atomic E-state index is 6.06. The van der Waals surface area contributed by atoms with Crippen molar-refractivity contribution in [3.8, 4) is 0 Å². The first-order chi connectivity index (χ1) is 5.54. The monoisotopic (exact) mass is 242 g/mol. The molecule has 0 amide bonds. The molecule has 0 aromatic carbocycles. The molecule has 0 unspecified atom stereocenters. The van der Waals surface area contributed by atoms with Gasteiger partial charge in [0.25, 0.3) is 5.17 Å². The summed E-state index contributed by atoms with van der Waals surface area (Å²) in [4.78, 5) is 2.00. The van der Waals surface area contributed by atoms with Crippen LogP contribution in [-0.2, 0) is 0 Å². The smallest absolute Gasteiger partial charge is 0.275 e. The molecule has 0 N–H and O–H groups in total. The fourth-order valence-corrected chi connectivity index (χ4v) is 1.67. The molecule has 0 fully saturated rings. The van der Waals surface area contributed by atoms with Gasteiger partial charge in [-0.1, -0.05) is 11.6 Å². The van der Waals surface area contributed by atoms with Crippen LogP contribution in [0.4, 0.5) is 0 Å². The summed E-state index contributed by atoms with van der Waals surface area (Å²) in [6.45, 7) is 0.957. The van der Waals surface area contributed by atoms with Crippen LogP contribution in [-0.4, -0.2) is 42.3 Å². The Morgan fingerprint density at radius 1 is 1.46 bits per heavy atom. The van der Waals surface area contributed by atoms with Crippen LogP contribution < -0.4 is 12.4 Å². The molecule has 0 atom stereocenters. The minimum Gasteiger partial charge on any atom is -1.00 e.